The van der Waals surface area contributed by atoms with Crippen molar-refractivity contribution in [2.45, 2.75) is 19.3 Å². The molecule has 0 N–H and O–H groups in total. The van der Waals surface area contributed by atoms with Crippen LogP contribution in [0, 0.1) is 0 Å². The van der Waals surface area contributed by atoms with Gasteiger partial charge in [-0.05, 0) is 74.8 Å². The molecule has 2 heterocycles. The molecule has 0 amide bonds. The lowest BCUT2D eigenvalue weighted by Crippen LogP contribution is -2.14. The molecule has 9 aromatic rings. The molecule has 0 fully saturated rings. The first-order chi connectivity index (χ1) is 27.0. The molecule has 1 aliphatic rings. The second-order valence-electron chi connectivity index (χ2n) is 14.9. The Balaban J connectivity index is 1.11. The van der Waals surface area contributed by atoms with Crippen LogP contribution in [0.2, 0.25) is 0 Å². The van der Waals surface area contributed by atoms with E-state index in [0.717, 1.165) is 50.2 Å². The first-order valence-electron chi connectivity index (χ1n) is 18.9. The third-order valence-corrected chi connectivity index (χ3v) is 11.1. The van der Waals surface area contributed by atoms with Gasteiger partial charge in [0.15, 0.2) is 5.82 Å². The summed E-state index contributed by atoms with van der Waals surface area (Å²) in [4.78, 5) is 15.7. The number of rotatable bonds is 6. The monoisotopic (exact) mass is 703 g/mol. The fourth-order valence-electron chi connectivity index (χ4n) is 8.19. The quantitative estimate of drug-likeness (QED) is 0.173. The molecule has 3 heteroatoms. The molecule has 0 radical (unpaired) electrons. The number of benzene rings is 7. The molecule has 10 rings (SSSR count). The molecular formula is C52H37N3. The smallest absolute Gasteiger partial charge is 0.160 e. The molecule has 2 aromatic heterocycles. The standard InChI is InChI=1S/C52H37N3/c1-52(2)45-24-13-12-23-41(45)43-30-44-42(36-17-8-4-9-18-36)31-47(53-50(44)32-46(43)52)39-21-14-22-40(29-39)51-54-48(37-19-10-5-11-20-37)33-49(55-51)38-27-25-35(26-28-38)34-15-6-3-7-16-34/h3-33H,1-2H3. The van der Waals surface area contributed by atoms with Gasteiger partial charge < -0.3 is 0 Å². The Morgan fingerprint density at radius 3 is 1.56 bits per heavy atom. The van der Waals surface area contributed by atoms with Crippen molar-refractivity contribution in [3.8, 4) is 78.5 Å². The van der Waals surface area contributed by atoms with Crippen molar-refractivity contribution in [3.63, 3.8) is 0 Å². The maximum Gasteiger partial charge on any atom is 0.160 e. The molecule has 0 saturated carbocycles. The number of pyridine rings is 1. The zero-order chi connectivity index (χ0) is 36.9. The van der Waals surface area contributed by atoms with Crippen molar-refractivity contribution in [3.05, 3.63) is 199 Å². The fraction of sp³-hybridized carbons (Fsp3) is 0.0577. The summed E-state index contributed by atoms with van der Waals surface area (Å²) in [6.45, 7) is 4.65. The van der Waals surface area contributed by atoms with Gasteiger partial charge in [0.1, 0.15) is 0 Å². The Kier molecular flexibility index (Phi) is 7.81. The number of hydrogen-bond acceptors (Lipinski definition) is 3. The molecule has 0 aliphatic heterocycles. The minimum Gasteiger partial charge on any atom is -0.248 e. The Hall–Kier alpha value is -6.97. The van der Waals surface area contributed by atoms with Crippen molar-refractivity contribution in [1.82, 2.24) is 15.0 Å². The van der Waals surface area contributed by atoms with Gasteiger partial charge in [-0.25, -0.2) is 15.0 Å². The van der Waals surface area contributed by atoms with Gasteiger partial charge in [-0.15, -0.1) is 0 Å². The van der Waals surface area contributed by atoms with Crippen molar-refractivity contribution in [2.75, 3.05) is 0 Å². The summed E-state index contributed by atoms with van der Waals surface area (Å²) in [5.74, 6) is 0.673. The highest BCUT2D eigenvalue weighted by Gasteiger charge is 2.35. The van der Waals surface area contributed by atoms with Crippen LogP contribution >= 0.6 is 0 Å². The molecule has 7 aromatic carbocycles. The van der Waals surface area contributed by atoms with Crippen LogP contribution in [0.5, 0.6) is 0 Å². The molecule has 260 valence electrons. The van der Waals surface area contributed by atoms with Crippen molar-refractivity contribution in [1.29, 1.82) is 0 Å². The van der Waals surface area contributed by atoms with Crippen LogP contribution in [0.1, 0.15) is 25.0 Å². The summed E-state index contributed by atoms with van der Waals surface area (Å²) < 4.78 is 0. The van der Waals surface area contributed by atoms with Crippen LogP contribution < -0.4 is 0 Å². The fourth-order valence-corrected chi connectivity index (χ4v) is 8.19. The lowest BCUT2D eigenvalue weighted by Gasteiger charge is -2.22. The topological polar surface area (TPSA) is 38.7 Å². The highest BCUT2D eigenvalue weighted by molar-refractivity contribution is 6.01. The van der Waals surface area contributed by atoms with Gasteiger partial charge in [-0.2, -0.15) is 0 Å². The zero-order valence-corrected chi connectivity index (χ0v) is 30.7. The summed E-state index contributed by atoms with van der Waals surface area (Å²) in [5, 5.41) is 1.15. The lowest BCUT2D eigenvalue weighted by molar-refractivity contribution is 0.661. The summed E-state index contributed by atoms with van der Waals surface area (Å²) in [5.41, 5.74) is 17.6. The molecule has 0 spiro atoms. The molecule has 0 unspecified atom stereocenters. The first kappa shape index (κ1) is 32.7. The second kappa shape index (κ2) is 13.2. The molecular weight excluding hydrogens is 667 g/mol. The average molecular weight is 704 g/mol. The van der Waals surface area contributed by atoms with Crippen LogP contribution in [-0.2, 0) is 5.41 Å². The third kappa shape index (κ3) is 5.82. The van der Waals surface area contributed by atoms with Crippen LogP contribution in [0.25, 0.3) is 89.4 Å². The molecule has 0 atom stereocenters. The van der Waals surface area contributed by atoms with Gasteiger partial charge in [0.05, 0.1) is 22.6 Å². The zero-order valence-electron chi connectivity index (χ0n) is 30.7. The second-order valence-corrected chi connectivity index (χ2v) is 14.9. The van der Waals surface area contributed by atoms with E-state index >= 15 is 0 Å². The summed E-state index contributed by atoms with van der Waals surface area (Å²) in [6, 6.07) is 66.5. The largest absolute Gasteiger partial charge is 0.248 e. The van der Waals surface area contributed by atoms with Gasteiger partial charge in [-0.1, -0.05) is 172 Å². The van der Waals surface area contributed by atoms with Gasteiger partial charge in [-0.3, -0.25) is 0 Å². The van der Waals surface area contributed by atoms with E-state index in [4.69, 9.17) is 15.0 Å². The van der Waals surface area contributed by atoms with E-state index in [1.54, 1.807) is 0 Å². The highest BCUT2D eigenvalue weighted by Crippen LogP contribution is 2.50. The van der Waals surface area contributed by atoms with Gasteiger partial charge in [0, 0.05) is 33.1 Å². The number of hydrogen-bond donors (Lipinski definition) is 0. The van der Waals surface area contributed by atoms with E-state index < -0.39 is 0 Å². The Labute approximate surface area is 321 Å². The Bertz CT molecular complexity index is 2860. The maximum atomic E-state index is 5.39. The predicted octanol–water partition coefficient (Wildman–Crippen LogP) is 13.3. The first-order valence-corrected chi connectivity index (χ1v) is 18.9. The van der Waals surface area contributed by atoms with Crippen molar-refractivity contribution >= 4 is 10.9 Å². The number of aromatic nitrogens is 3. The predicted molar refractivity (Wildman–Crippen MR) is 228 cm³/mol. The van der Waals surface area contributed by atoms with Crippen molar-refractivity contribution in [2.24, 2.45) is 0 Å². The summed E-state index contributed by atoms with van der Waals surface area (Å²) in [6.07, 6.45) is 0. The molecule has 0 bridgehead atoms. The van der Waals surface area contributed by atoms with Crippen LogP contribution in [0.15, 0.2) is 188 Å². The van der Waals surface area contributed by atoms with E-state index in [-0.39, 0.29) is 5.41 Å². The van der Waals surface area contributed by atoms with Crippen LogP contribution in [-0.4, -0.2) is 15.0 Å². The lowest BCUT2D eigenvalue weighted by atomic mass is 9.82. The minimum atomic E-state index is -0.120. The highest BCUT2D eigenvalue weighted by atomic mass is 14.9. The molecule has 55 heavy (non-hydrogen) atoms. The average Bonchev–Trinajstić information content (AvgIpc) is 3.48. The van der Waals surface area contributed by atoms with Crippen LogP contribution in [0.4, 0.5) is 0 Å². The number of nitrogens with zero attached hydrogens (tertiary/aromatic N) is 3. The van der Waals surface area contributed by atoms with Gasteiger partial charge in [0.25, 0.3) is 0 Å². The van der Waals surface area contributed by atoms with Gasteiger partial charge in [0.2, 0.25) is 0 Å². The van der Waals surface area contributed by atoms with E-state index in [9.17, 15) is 0 Å². The summed E-state index contributed by atoms with van der Waals surface area (Å²) >= 11 is 0. The summed E-state index contributed by atoms with van der Waals surface area (Å²) in [7, 11) is 0. The Morgan fingerprint density at radius 2 is 0.855 bits per heavy atom. The molecule has 0 saturated heterocycles. The van der Waals surface area contributed by atoms with E-state index in [0.29, 0.717) is 5.82 Å². The minimum absolute atomic E-state index is 0.120. The van der Waals surface area contributed by atoms with E-state index in [1.807, 2.05) is 12.1 Å². The SMILES string of the molecule is CC1(C)c2ccccc2-c2cc3c(-c4ccccc4)cc(-c4cccc(-c5nc(-c6ccccc6)cc(-c6ccc(-c7ccccc7)cc6)n5)c4)nc3cc21. The van der Waals surface area contributed by atoms with E-state index in [1.165, 1.54) is 44.5 Å². The maximum absolute atomic E-state index is 5.39. The van der Waals surface area contributed by atoms with Crippen LogP contribution in [0.3, 0.4) is 0 Å². The Morgan fingerprint density at radius 1 is 0.327 bits per heavy atom. The molecule has 1 aliphatic carbocycles. The van der Waals surface area contributed by atoms with Gasteiger partial charge >= 0.3 is 0 Å². The number of fused-ring (bicyclic) bond motifs is 4. The normalized spacial score (nSPS) is 12.7. The van der Waals surface area contributed by atoms with Crippen molar-refractivity contribution < 1.29 is 0 Å². The molecule has 3 nitrogen and oxygen atoms in total. The van der Waals surface area contributed by atoms with E-state index in [2.05, 4.69) is 190 Å². The third-order valence-electron chi connectivity index (χ3n) is 11.1.